The highest BCUT2D eigenvalue weighted by atomic mass is 35.5. The third-order valence-electron chi connectivity index (χ3n) is 2.05. The van der Waals surface area contributed by atoms with Gasteiger partial charge in [-0.05, 0) is 12.1 Å². The van der Waals surface area contributed by atoms with Crippen molar-refractivity contribution in [3.63, 3.8) is 0 Å². The quantitative estimate of drug-likeness (QED) is 0.725. The van der Waals surface area contributed by atoms with E-state index in [0.717, 1.165) is 19.9 Å². The molecule has 0 amide bonds. The first-order chi connectivity index (χ1) is 7.24. The highest BCUT2D eigenvalue weighted by Gasteiger charge is 2.09. The molecule has 0 aliphatic rings. The van der Waals surface area contributed by atoms with Crippen molar-refractivity contribution < 1.29 is 0 Å². The van der Waals surface area contributed by atoms with Crippen LogP contribution in [0.15, 0.2) is 23.7 Å². The fourth-order valence-electron chi connectivity index (χ4n) is 1.43. The normalized spacial score (nSPS) is 11.3. The Balaban J connectivity index is 2.26. The first-order valence-electron chi connectivity index (χ1n) is 4.22. The summed E-state index contributed by atoms with van der Waals surface area (Å²) in [6.45, 7) is 0. The Morgan fingerprint density at radius 1 is 1.40 bits per heavy atom. The molecule has 0 saturated carbocycles. The molecular formula is C9H6ClN3S2. The van der Waals surface area contributed by atoms with Gasteiger partial charge in [0.2, 0.25) is 0 Å². The molecule has 0 radical (unpaired) electrons. The van der Waals surface area contributed by atoms with Crippen molar-refractivity contribution in [3.8, 4) is 10.6 Å². The summed E-state index contributed by atoms with van der Waals surface area (Å²) >= 11 is 9.03. The zero-order valence-electron chi connectivity index (χ0n) is 7.48. The summed E-state index contributed by atoms with van der Waals surface area (Å²) in [5, 5.41) is 2.06. The van der Waals surface area contributed by atoms with E-state index in [2.05, 4.69) is 10.4 Å². The molecule has 3 aromatic rings. The maximum absolute atomic E-state index is 5.91. The zero-order chi connectivity index (χ0) is 10.4. The smallest absolute Gasteiger partial charge is 0.196 e. The van der Waals surface area contributed by atoms with Crippen LogP contribution in [0.1, 0.15) is 0 Å². The van der Waals surface area contributed by atoms with Gasteiger partial charge in [0.05, 0.1) is 21.1 Å². The summed E-state index contributed by atoms with van der Waals surface area (Å²) in [6.07, 6.45) is 1.83. The minimum absolute atomic E-state index is 0.547. The number of anilines is 1. The molecule has 0 unspecified atom stereocenters. The first-order valence-corrected chi connectivity index (χ1v) is 6.29. The summed E-state index contributed by atoms with van der Waals surface area (Å²) in [4.78, 5) is 6.23. The Morgan fingerprint density at radius 2 is 2.27 bits per heavy atom. The lowest BCUT2D eigenvalue weighted by Crippen LogP contribution is -1.82. The second kappa shape index (κ2) is 3.23. The first kappa shape index (κ1) is 9.21. The van der Waals surface area contributed by atoms with E-state index in [-0.39, 0.29) is 0 Å². The maximum atomic E-state index is 5.91. The molecule has 3 rings (SSSR count). The van der Waals surface area contributed by atoms with Crippen molar-refractivity contribution in [2.75, 3.05) is 5.73 Å². The van der Waals surface area contributed by atoms with E-state index >= 15 is 0 Å². The van der Waals surface area contributed by atoms with Crippen LogP contribution in [0.2, 0.25) is 4.34 Å². The van der Waals surface area contributed by atoms with Crippen LogP contribution in [0.4, 0.5) is 5.82 Å². The van der Waals surface area contributed by atoms with E-state index in [9.17, 15) is 0 Å². The van der Waals surface area contributed by atoms with Gasteiger partial charge in [-0.2, -0.15) is 0 Å². The van der Waals surface area contributed by atoms with Gasteiger partial charge in [0, 0.05) is 5.38 Å². The Bertz CT molecular complexity index is 622. The van der Waals surface area contributed by atoms with Gasteiger partial charge in [-0.15, -0.1) is 22.7 Å². The van der Waals surface area contributed by atoms with Gasteiger partial charge in [-0.25, -0.2) is 4.98 Å². The molecule has 0 spiro atoms. The summed E-state index contributed by atoms with van der Waals surface area (Å²) in [5.74, 6) is 0.547. The van der Waals surface area contributed by atoms with Crippen molar-refractivity contribution in [3.05, 3.63) is 28.0 Å². The number of hydrogen-bond acceptors (Lipinski definition) is 4. The number of imidazole rings is 1. The molecule has 3 nitrogen and oxygen atoms in total. The van der Waals surface area contributed by atoms with Gasteiger partial charge < -0.3 is 5.73 Å². The van der Waals surface area contributed by atoms with Crippen molar-refractivity contribution >= 4 is 45.1 Å². The number of fused-ring (bicyclic) bond motifs is 1. The van der Waals surface area contributed by atoms with Crippen molar-refractivity contribution in [2.24, 2.45) is 0 Å². The van der Waals surface area contributed by atoms with Crippen molar-refractivity contribution in [1.82, 2.24) is 9.38 Å². The summed E-state index contributed by atoms with van der Waals surface area (Å²) in [6, 6.07) is 3.90. The van der Waals surface area contributed by atoms with E-state index in [0.29, 0.717) is 5.82 Å². The molecule has 0 aromatic carbocycles. The van der Waals surface area contributed by atoms with Crippen LogP contribution in [-0.4, -0.2) is 9.38 Å². The molecular weight excluding hydrogens is 250 g/mol. The largest absolute Gasteiger partial charge is 0.382 e. The molecule has 0 atom stereocenters. The summed E-state index contributed by atoms with van der Waals surface area (Å²) in [7, 11) is 0. The molecule has 0 aliphatic carbocycles. The third-order valence-corrected chi connectivity index (χ3v) is 4.15. The molecule has 0 saturated heterocycles. The number of nitrogens with zero attached hydrogens (tertiary/aromatic N) is 2. The van der Waals surface area contributed by atoms with Gasteiger partial charge in [0.15, 0.2) is 4.96 Å². The van der Waals surface area contributed by atoms with Crippen molar-refractivity contribution in [1.29, 1.82) is 0 Å². The molecule has 3 heterocycles. The standard InChI is InChI=1S/C9H6ClN3S2/c10-7-2-1-6(15-7)5-4-14-9-12-8(11)3-13(5)9/h1-4H,11H2. The average molecular weight is 256 g/mol. The minimum Gasteiger partial charge on any atom is -0.382 e. The Morgan fingerprint density at radius 3 is 3.00 bits per heavy atom. The molecule has 2 N–H and O–H groups in total. The Hall–Kier alpha value is -1.04. The number of halogens is 1. The van der Waals surface area contributed by atoms with Crippen LogP contribution < -0.4 is 5.73 Å². The highest BCUT2D eigenvalue weighted by Crippen LogP contribution is 2.33. The van der Waals surface area contributed by atoms with Crippen LogP contribution in [-0.2, 0) is 0 Å². The number of thiophene rings is 1. The predicted octanol–water partition coefficient (Wildman–Crippen LogP) is 3.36. The zero-order valence-corrected chi connectivity index (χ0v) is 9.86. The topological polar surface area (TPSA) is 43.3 Å². The molecule has 0 bridgehead atoms. The van der Waals surface area contributed by atoms with E-state index < -0.39 is 0 Å². The number of rotatable bonds is 1. The Kier molecular flexibility index (Phi) is 1.98. The monoisotopic (exact) mass is 255 g/mol. The van der Waals surface area contributed by atoms with Gasteiger partial charge >= 0.3 is 0 Å². The number of hydrogen-bond donors (Lipinski definition) is 1. The second-order valence-corrected chi connectivity index (χ2v) is 5.59. The van der Waals surface area contributed by atoms with Crippen LogP contribution in [0.3, 0.4) is 0 Å². The fraction of sp³-hybridized carbons (Fsp3) is 0. The van der Waals surface area contributed by atoms with Crippen LogP contribution >= 0.6 is 34.3 Å². The van der Waals surface area contributed by atoms with Gasteiger partial charge in [-0.3, -0.25) is 4.40 Å². The lowest BCUT2D eigenvalue weighted by atomic mass is 10.4. The minimum atomic E-state index is 0.547. The highest BCUT2D eigenvalue weighted by molar-refractivity contribution is 7.20. The van der Waals surface area contributed by atoms with Gasteiger partial charge in [0.25, 0.3) is 0 Å². The van der Waals surface area contributed by atoms with E-state index in [1.807, 2.05) is 22.7 Å². The number of aromatic nitrogens is 2. The molecule has 0 fully saturated rings. The van der Waals surface area contributed by atoms with Crippen molar-refractivity contribution in [2.45, 2.75) is 0 Å². The lowest BCUT2D eigenvalue weighted by Gasteiger charge is -1.92. The molecule has 15 heavy (non-hydrogen) atoms. The van der Waals surface area contributed by atoms with Crippen LogP contribution in [0.5, 0.6) is 0 Å². The molecule has 3 aromatic heterocycles. The fourth-order valence-corrected chi connectivity index (χ4v) is 3.44. The molecule has 76 valence electrons. The lowest BCUT2D eigenvalue weighted by molar-refractivity contribution is 1.25. The predicted molar refractivity (Wildman–Crippen MR) is 65.8 cm³/mol. The number of thiazole rings is 1. The average Bonchev–Trinajstić information content (AvgIpc) is 2.80. The maximum Gasteiger partial charge on any atom is 0.196 e. The third kappa shape index (κ3) is 1.43. The van der Waals surface area contributed by atoms with Gasteiger partial charge in [0.1, 0.15) is 5.82 Å². The SMILES string of the molecule is Nc1cn2c(-c3ccc(Cl)s3)csc2n1. The second-order valence-electron chi connectivity index (χ2n) is 3.04. The Labute approximate surface area is 98.8 Å². The number of nitrogen functional groups attached to an aromatic ring is 1. The van der Waals surface area contributed by atoms with Crippen LogP contribution in [0.25, 0.3) is 15.5 Å². The van der Waals surface area contributed by atoms with E-state index in [1.54, 1.807) is 22.7 Å². The molecule has 6 heteroatoms. The van der Waals surface area contributed by atoms with E-state index in [1.165, 1.54) is 0 Å². The van der Waals surface area contributed by atoms with E-state index in [4.69, 9.17) is 17.3 Å². The number of nitrogens with two attached hydrogens (primary N) is 1. The molecule has 0 aliphatic heterocycles. The van der Waals surface area contributed by atoms with Crippen LogP contribution in [0, 0.1) is 0 Å². The summed E-state index contributed by atoms with van der Waals surface area (Å²) in [5.41, 5.74) is 6.73. The summed E-state index contributed by atoms with van der Waals surface area (Å²) < 4.78 is 2.78. The van der Waals surface area contributed by atoms with Gasteiger partial charge in [-0.1, -0.05) is 11.6 Å².